The van der Waals surface area contributed by atoms with Crippen LogP contribution in [-0.2, 0) is 0 Å². The SMILES string of the molecule is CNC(=O)c1ccc(Br)cc1N1CCNCC1. The Kier molecular flexibility index (Phi) is 4.02. The van der Waals surface area contributed by atoms with Gasteiger partial charge in [-0.05, 0) is 18.2 Å². The minimum Gasteiger partial charge on any atom is -0.368 e. The van der Waals surface area contributed by atoms with E-state index in [1.165, 1.54) is 0 Å². The average Bonchev–Trinajstić information content (AvgIpc) is 2.39. The van der Waals surface area contributed by atoms with Gasteiger partial charge in [-0.2, -0.15) is 0 Å². The third kappa shape index (κ3) is 2.79. The third-order valence-corrected chi connectivity index (χ3v) is 3.38. The molecule has 0 atom stereocenters. The number of halogens is 1. The van der Waals surface area contributed by atoms with E-state index in [4.69, 9.17) is 0 Å². The van der Waals surface area contributed by atoms with E-state index in [1.807, 2.05) is 18.2 Å². The Morgan fingerprint density at radius 1 is 1.41 bits per heavy atom. The Balaban J connectivity index is 2.35. The van der Waals surface area contributed by atoms with Crippen LogP contribution in [0.25, 0.3) is 0 Å². The van der Waals surface area contributed by atoms with Crippen molar-refractivity contribution in [3.63, 3.8) is 0 Å². The molecule has 1 aliphatic heterocycles. The summed E-state index contributed by atoms with van der Waals surface area (Å²) in [6, 6.07) is 5.77. The molecule has 1 aromatic carbocycles. The fraction of sp³-hybridized carbons (Fsp3) is 0.417. The second-order valence-electron chi connectivity index (χ2n) is 3.98. The van der Waals surface area contributed by atoms with Crippen LogP contribution in [0.4, 0.5) is 5.69 Å². The monoisotopic (exact) mass is 297 g/mol. The normalized spacial score (nSPS) is 15.8. The summed E-state index contributed by atoms with van der Waals surface area (Å²) in [7, 11) is 1.66. The number of carbonyl (C=O) groups excluding carboxylic acids is 1. The molecule has 0 aliphatic carbocycles. The topological polar surface area (TPSA) is 44.4 Å². The predicted molar refractivity (Wildman–Crippen MR) is 72.6 cm³/mol. The molecule has 1 aromatic rings. The number of nitrogens with zero attached hydrogens (tertiary/aromatic N) is 1. The van der Waals surface area contributed by atoms with Crippen molar-refractivity contribution in [2.75, 3.05) is 38.1 Å². The van der Waals surface area contributed by atoms with Crippen LogP contribution in [0.1, 0.15) is 10.4 Å². The van der Waals surface area contributed by atoms with Gasteiger partial charge in [0.2, 0.25) is 0 Å². The van der Waals surface area contributed by atoms with Crippen LogP contribution >= 0.6 is 15.9 Å². The highest BCUT2D eigenvalue weighted by Gasteiger charge is 2.17. The summed E-state index contributed by atoms with van der Waals surface area (Å²) in [4.78, 5) is 14.1. The quantitative estimate of drug-likeness (QED) is 0.863. The Morgan fingerprint density at radius 3 is 2.76 bits per heavy atom. The van der Waals surface area contributed by atoms with Crippen molar-refractivity contribution in [2.24, 2.45) is 0 Å². The molecule has 1 amide bonds. The van der Waals surface area contributed by atoms with Crippen LogP contribution in [0.3, 0.4) is 0 Å². The zero-order valence-electron chi connectivity index (χ0n) is 9.79. The molecule has 2 rings (SSSR count). The number of hydrogen-bond acceptors (Lipinski definition) is 3. The Bertz CT molecular complexity index is 416. The van der Waals surface area contributed by atoms with Crippen LogP contribution in [0, 0.1) is 0 Å². The number of amides is 1. The van der Waals surface area contributed by atoms with Crippen LogP contribution in [0.5, 0.6) is 0 Å². The van der Waals surface area contributed by atoms with Gasteiger partial charge in [0.15, 0.2) is 0 Å². The second kappa shape index (κ2) is 5.51. The Labute approximate surface area is 110 Å². The largest absolute Gasteiger partial charge is 0.368 e. The smallest absolute Gasteiger partial charge is 0.253 e. The summed E-state index contributed by atoms with van der Waals surface area (Å²) in [6.07, 6.45) is 0. The molecule has 0 radical (unpaired) electrons. The standard InChI is InChI=1S/C12H16BrN3O/c1-14-12(17)10-3-2-9(13)8-11(10)16-6-4-15-5-7-16/h2-3,8,15H,4-7H2,1H3,(H,14,17). The molecule has 0 aromatic heterocycles. The first-order valence-corrected chi connectivity index (χ1v) is 6.49. The van der Waals surface area contributed by atoms with E-state index >= 15 is 0 Å². The van der Waals surface area contributed by atoms with Gasteiger partial charge in [-0.1, -0.05) is 15.9 Å². The van der Waals surface area contributed by atoms with Crippen molar-refractivity contribution in [3.05, 3.63) is 28.2 Å². The van der Waals surface area contributed by atoms with Crippen LogP contribution < -0.4 is 15.5 Å². The maximum atomic E-state index is 11.8. The van der Waals surface area contributed by atoms with Gasteiger partial charge in [-0.3, -0.25) is 4.79 Å². The number of rotatable bonds is 2. The molecule has 0 unspecified atom stereocenters. The molecule has 0 saturated carbocycles. The van der Waals surface area contributed by atoms with Crippen LogP contribution in [0.2, 0.25) is 0 Å². The van der Waals surface area contributed by atoms with E-state index in [2.05, 4.69) is 31.5 Å². The van der Waals surface area contributed by atoms with Gasteiger partial charge < -0.3 is 15.5 Å². The summed E-state index contributed by atoms with van der Waals surface area (Å²) in [5.41, 5.74) is 1.73. The van der Waals surface area contributed by atoms with E-state index in [0.29, 0.717) is 0 Å². The molecule has 4 nitrogen and oxygen atoms in total. The van der Waals surface area contributed by atoms with Crippen molar-refractivity contribution in [1.29, 1.82) is 0 Å². The summed E-state index contributed by atoms with van der Waals surface area (Å²) < 4.78 is 0.999. The van der Waals surface area contributed by atoms with Gasteiger partial charge in [-0.25, -0.2) is 0 Å². The molecule has 2 N–H and O–H groups in total. The van der Waals surface area contributed by atoms with E-state index in [-0.39, 0.29) is 5.91 Å². The molecule has 1 aliphatic rings. The van der Waals surface area contributed by atoms with E-state index in [1.54, 1.807) is 7.05 Å². The van der Waals surface area contributed by atoms with Crippen molar-refractivity contribution < 1.29 is 4.79 Å². The molecule has 0 bridgehead atoms. The van der Waals surface area contributed by atoms with Gasteiger partial charge >= 0.3 is 0 Å². The van der Waals surface area contributed by atoms with E-state index in [0.717, 1.165) is 41.9 Å². The van der Waals surface area contributed by atoms with Crippen molar-refractivity contribution >= 4 is 27.5 Å². The van der Waals surface area contributed by atoms with E-state index in [9.17, 15) is 4.79 Å². The third-order valence-electron chi connectivity index (χ3n) is 2.89. The van der Waals surface area contributed by atoms with Gasteiger partial charge in [0.25, 0.3) is 5.91 Å². The maximum absolute atomic E-state index is 11.8. The number of nitrogens with one attached hydrogen (secondary N) is 2. The Morgan fingerprint density at radius 2 is 2.12 bits per heavy atom. The molecule has 17 heavy (non-hydrogen) atoms. The minimum atomic E-state index is -0.0361. The predicted octanol–water partition coefficient (Wildman–Crippen LogP) is 1.22. The first kappa shape index (κ1) is 12.4. The fourth-order valence-electron chi connectivity index (χ4n) is 2.00. The molecular weight excluding hydrogens is 282 g/mol. The average molecular weight is 298 g/mol. The van der Waals surface area contributed by atoms with E-state index < -0.39 is 0 Å². The number of benzene rings is 1. The van der Waals surface area contributed by atoms with Gasteiger partial charge in [-0.15, -0.1) is 0 Å². The first-order valence-electron chi connectivity index (χ1n) is 5.69. The molecular formula is C12H16BrN3O. The number of anilines is 1. The minimum absolute atomic E-state index is 0.0361. The molecule has 1 fully saturated rings. The number of piperazine rings is 1. The summed E-state index contributed by atoms with van der Waals surface area (Å²) in [5.74, 6) is -0.0361. The van der Waals surface area contributed by atoms with Gasteiger partial charge in [0.1, 0.15) is 0 Å². The first-order chi connectivity index (χ1) is 8.22. The van der Waals surface area contributed by atoms with Crippen LogP contribution in [0.15, 0.2) is 22.7 Å². The van der Waals surface area contributed by atoms with Crippen molar-refractivity contribution in [3.8, 4) is 0 Å². The second-order valence-corrected chi connectivity index (χ2v) is 4.89. The lowest BCUT2D eigenvalue weighted by Crippen LogP contribution is -2.44. The highest BCUT2D eigenvalue weighted by molar-refractivity contribution is 9.10. The molecule has 92 valence electrons. The highest BCUT2D eigenvalue weighted by atomic mass is 79.9. The lowest BCUT2D eigenvalue weighted by molar-refractivity contribution is 0.0963. The molecule has 0 spiro atoms. The Hall–Kier alpha value is -1.07. The molecule has 5 heteroatoms. The molecule has 1 saturated heterocycles. The summed E-state index contributed by atoms with van der Waals surface area (Å²) in [5, 5.41) is 5.99. The van der Waals surface area contributed by atoms with Gasteiger partial charge in [0.05, 0.1) is 11.3 Å². The van der Waals surface area contributed by atoms with Crippen LogP contribution in [-0.4, -0.2) is 39.1 Å². The zero-order valence-corrected chi connectivity index (χ0v) is 11.4. The fourth-order valence-corrected chi connectivity index (χ4v) is 2.35. The molecule has 1 heterocycles. The number of carbonyl (C=O) groups is 1. The highest BCUT2D eigenvalue weighted by Crippen LogP contribution is 2.25. The van der Waals surface area contributed by atoms with Crippen molar-refractivity contribution in [1.82, 2.24) is 10.6 Å². The number of hydrogen-bond donors (Lipinski definition) is 2. The maximum Gasteiger partial charge on any atom is 0.253 e. The summed E-state index contributed by atoms with van der Waals surface area (Å²) >= 11 is 3.46. The lowest BCUT2D eigenvalue weighted by atomic mass is 10.1. The van der Waals surface area contributed by atoms with Gasteiger partial charge in [0, 0.05) is 37.7 Å². The van der Waals surface area contributed by atoms with Crippen molar-refractivity contribution in [2.45, 2.75) is 0 Å². The summed E-state index contributed by atoms with van der Waals surface area (Å²) in [6.45, 7) is 3.78. The lowest BCUT2D eigenvalue weighted by Gasteiger charge is -2.31. The zero-order chi connectivity index (χ0) is 12.3.